The van der Waals surface area contributed by atoms with E-state index in [2.05, 4.69) is 35.4 Å². The normalized spacial score (nSPS) is 10.8. The zero-order valence-corrected chi connectivity index (χ0v) is 9.59. The highest BCUT2D eigenvalue weighted by Gasteiger charge is 2.03. The summed E-state index contributed by atoms with van der Waals surface area (Å²) in [6.07, 6.45) is 2.10. The van der Waals surface area contributed by atoms with Crippen LogP contribution in [0.3, 0.4) is 0 Å². The lowest BCUT2D eigenvalue weighted by Crippen LogP contribution is -2.24. The topological polar surface area (TPSA) is 12.5 Å². The van der Waals surface area contributed by atoms with Crippen LogP contribution >= 0.6 is 11.8 Å². The van der Waals surface area contributed by atoms with Crippen molar-refractivity contribution in [2.24, 2.45) is 0 Å². The predicted molar refractivity (Wildman–Crippen MR) is 62.2 cm³/mol. The Morgan fingerprint density at radius 3 is 2.57 bits per heavy atom. The van der Waals surface area contributed by atoms with E-state index in [0.717, 1.165) is 12.4 Å². The van der Waals surface area contributed by atoms with Gasteiger partial charge in [0.05, 0.1) is 6.73 Å². The summed E-state index contributed by atoms with van der Waals surface area (Å²) in [5, 5.41) is 0. The number of benzene rings is 1. The van der Waals surface area contributed by atoms with Gasteiger partial charge in [-0.1, -0.05) is 30.3 Å². The van der Waals surface area contributed by atoms with Gasteiger partial charge in [0.1, 0.15) is 0 Å². The SMILES string of the molecule is COCN(CSC)Cc1ccccc1. The van der Waals surface area contributed by atoms with Gasteiger partial charge in [-0.15, -0.1) is 11.8 Å². The maximum atomic E-state index is 5.14. The molecule has 0 aliphatic carbocycles. The van der Waals surface area contributed by atoms with Crippen LogP contribution < -0.4 is 0 Å². The van der Waals surface area contributed by atoms with Crippen LogP contribution in [-0.4, -0.2) is 30.9 Å². The van der Waals surface area contributed by atoms with Gasteiger partial charge in [0.2, 0.25) is 0 Å². The number of hydrogen-bond donors (Lipinski definition) is 0. The summed E-state index contributed by atoms with van der Waals surface area (Å²) in [5.41, 5.74) is 1.33. The zero-order chi connectivity index (χ0) is 10.2. The van der Waals surface area contributed by atoms with Crippen molar-refractivity contribution in [3.8, 4) is 0 Å². The second-order valence-electron chi connectivity index (χ2n) is 3.15. The summed E-state index contributed by atoms with van der Waals surface area (Å²) in [6.45, 7) is 1.64. The van der Waals surface area contributed by atoms with E-state index in [1.165, 1.54) is 5.56 Å². The van der Waals surface area contributed by atoms with Crippen molar-refractivity contribution >= 4 is 11.8 Å². The third-order valence-corrected chi connectivity index (χ3v) is 2.50. The summed E-state index contributed by atoms with van der Waals surface area (Å²) >= 11 is 1.81. The molecular weight excluding hydrogens is 194 g/mol. The number of nitrogens with zero attached hydrogens (tertiary/aromatic N) is 1. The van der Waals surface area contributed by atoms with Gasteiger partial charge in [-0.05, 0) is 11.8 Å². The molecular formula is C11H17NOS. The van der Waals surface area contributed by atoms with Crippen molar-refractivity contribution in [1.29, 1.82) is 0 Å². The van der Waals surface area contributed by atoms with Gasteiger partial charge in [0.25, 0.3) is 0 Å². The van der Waals surface area contributed by atoms with E-state index in [9.17, 15) is 0 Å². The van der Waals surface area contributed by atoms with E-state index in [1.807, 2.05) is 17.8 Å². The first-order valence-electron chi connectivity index (χ1n) is 4.61. The Balaban J connectivity index is 2.46. The van der Waals surface area contributed by atoms with E-state index in [1.54, 1.807) is 7.11 Å². The molecule has 14 heavy (non-hydrogen) atoms. The van der Waals surface area contributed by atoms with E-state index in [4.69, 9.17) is 4.74 Å². The van der Waals surface area contributed by atoms with Gasteiger partial charge < -0.3 is 4.74 Å². The van der Waals surface area contributed by atoms with E-state index >= 15 is 0 Å². The molecule has 0 saturated heterocycles. The van der Waals surface area contributed by atoms with Crippen molar-refractivity contribution in [2.75, 3.05) is 26.0 Å². The van der Waals surface area contributed by atoms with Crippen LogP contribution in [0.25, 0.3) is 0 Å². The second-order valence-corrected chi connectivity index (χ2v) is 3.99. The molecule has 0 N–H and O–H groups in total. The molecule has 0 aliphatic heterocycles. The average molecular weight is 211 g/mol. The molecule has 0 heterocycles. The standard InChI is InChI=1S/C11H17NOS/c1-13-9-12(10-14-2)8-11-6-4-3-5-7-11/h3-7H,8-10H2,1-2H3. The van der Waals surface area contributed by atoms with E-state index in [-0.39, 0.29) is 0 Å². The number of hydrogen-bond acceptors (Lipinski definition) is 3. The van der Waals surface area contributed by atoms with Crippen LogP contribution in [0.1, 0.15) is 5.56 Å². The third-order valence-electron chi connectivity index (χ3n) is 1.87. The zero-order valence-electron chi connectivity index (χ0n) is 8.77. The average Bonchev–Trinajstić information content (AvgIpc) is 2.20. The van der Waals surface area contributed by atoms with E-state index in [0.29, 0.717) is 6.73 Å². The van der Waals surface area contributed by atoms with Crippen LogP contribution in [0.4, 0.5) is 0 Å². The minimum absolute atomic E-state index is 0.690. The minimum atomic E-state index is 0.690. The summed E-state index contributed by atoms with van der Waals surface area (Å²) in [5.74, 6) is 1.00. The predicted octanol–water partition coefficient (Wildman–Crippen LogP) is 2.41. The summed E-state index contributed by atoms with van der Waals surface area (Å²) < 4.78 is 5.14. The van der Waals surface area contributed by atoms with Crippen LogP contribution in [0.5, 0.6) is 0 Å². The fourth-order valence-corrected chi connectivity index (χ4v) is 1.87. The highest BCUT2D eigenvalue weighted by Crippen LogP contribution is 2.07. The number of ether oxygens (including phenoxy) is 1. The Morgan fingerprint density at radius 1 is 1.29 bits per heavy atom. The van der Waals surface area contributed by atoms with Gasteiger partial charge >= 0.3 is 0 Å². The number of rotatable bonds is 6. The molecule has 0 aliphatic rings. The Kier molecular flexibility index (Phi) is 5.68. The van der Waals surface area contributed by atoms with Gasteiger partial charge in [-0.3, -0.25) is 4.90 Å². The molecule has 0 amide bonds. The van der Waals surface area contributed by atoms with Crippen molar-refractivity contribution in [3.63, 3.8) is 0 Å². The van der Waals surface area contributed by atoms with Crippen LogP contribution in [0, 0.1) is 0 Å². The first kappa shape index (κ1) is 11.6. The Hall–Kier alpha value is -0.510. The van der Waals surface area contributed by atoms with E-state index < -0.39 is 0 Å². The first-order valence-corrected chi connectivity index (χ1v) is 6.00. The molecule has 0 fully saturated rings. The fraction of sp³-hybridized carbons (Fsp3) is 0.455. The molecule has 0 saturated carbocycles. The van der Waals surface area contributed by atoms with Crippen LogP contribution in [-0.2, 0) is 11.3 Å². The molecule has 1 aromatic rings. The molecule has 2 nitrogen and oxygen atoms in total. The lowest BCUT2D eigenvalue weighted by Gasteiger charge is -2.19. The van der Waals surface area contributed by atoms with Crippen molar-refractivity contribution < 1.29 is 4.74 Å². The maximum Gasteiger partial charge on any atom is 0.0995 e. The molecule has 0 atom stereocenters. The molecule has 0 spiro atoms. The Labute approximate surface area is 90.3 Å². The van der Waals surface area contributed by atoms with Crippen LogP contribution in [0.15, 0.2) is 30.3 Å². The number of methoxy groups -OCH3 is 1. The highest BCUT2D eigenvalue weighted by molar-refractivity contribution is 7.98. The monoisotopic (exact) mass is 211 g/mol. The van der Waals surface area contributed by atoms with Crippen molar-refractivity contribution in [3.05, 3.63) is 35.9 Å². The molecule has 0 aromatic heterocycles. The molecule has 78 valence electrons. The molecule has 0 unspecified atom stereocenters. The van der Waals surface area contributed by atoms with Crippen LogP contribution in [0.2, 0.25) is 0 Å². The second kappa shape index (κ2) is 6.87. The lowest BCUT2D eigenvalue weighted by molar-refractivity contribution is 0.0726. The smallest absolute Gasteiger partial charge is 0.0995 e. The van der Waals surface area contributed by atoms with Gasteiger partial charge in [-0.2, -0.15) is 0 Å². The number of thioether (sulfide) groups is 1. The quantitative estimate of drug-likeness (QED) is 0.670. The third kappa shape index (κ3) is 4.13. The lowest BCUT2D eigenvalue weighted by atomic mass is 10.2. The molecule has 0 bridgehead atoms. The fourth-order valence-electron chi connectivity index (χ4n) is 1.34. The van der Waals surface area contributed by atoms with Gasteiger partial charge in [0, 0.05) is 19.5 Å². The molecule has 1 aromatic carbocycles. The van der Waals surface area contributed by atoms with Crippen molar-refractivity contribution in [2.45, 2.75) is 6.54 Å². The highest BCUT2D eigenvalue weighted by atomic mass is 32.2. The molecule has 0 radical (unpaired) electrons. The van der Waals surface area contributed by atoms with Gasteiger partial charge in [0.15, 0.2) is 0 Å². The largest absolute Gasteiger partial charge is 0.369 e. The first-order chi connectivity index (χ1) is 6.86. The minimum Gasteiger partial charge on any atom is -0.369 e. The van der Waals surface area contributed by atoms with Crippen molar-refractivity contribution in [1.82, 2.24) is 4.90 Å². The summed E-state index contributed by atoms with van der Waals surface area (Å²) in [6, 6.07) is 10.5. The summed E-state index contributed by atoms with van der Waals surface area (Å²) in [4.78, 5) is 2.26. The Morgan fingerprint density at radius 2 is 2.00 bits per heavy atom. The Bertz CT molecular complexity index is 234. The summed E-state index contributed by atoms with van der Waals surface area (Å²) in [7, 11) is 1.73. The van der Waals surface area contributed by atoms with Gasteiger partial charge in [-0.25, -0.2) is 0 Å². The molecule has 1 rings (SSSR count). The maximum absolute atomic E-state index is 5.14. The molecule has 3 heteroatoms.